The van der Waals surface area contributed by atoms with E-state index in [4.69, 9.17) is 16.6 Å². The van der Waals surface area contributed by atoms with Crippen LogP contribution in [0.4, 0.5) is 0 Å². The number of halogens is 1. The highest BCUT2D eigenvalue weighted by atomic mass is 35.5. The predicted molar refractivity (Wildman–Crippen MR) is 177 cm³/mol. The van der Waals surface area contributed by atoms with E-state index in [1.807, 2.05) is 30.3 Å². The summed E-state index contributed by atoms with van der Waals surface area (Å²) >= 11 is 8.30. The van der Waals surface area contributed by atoms with Crippen molar-refractivity contribution in [3.8, 4) is 45.0 Å². The molecular weight excluding hydrogens is 554 g/mol. The van der Waals surface area contributed by atoms with E-state index in [-0.39, 0.29) is 5.28 Å². The molecule has 42 heavy (non-hydrogen) atoms. The molecule has 0 spiro atoms. The number of rotatable bonds is 4. The van der Waals surface area contributed by atoms with Gasteiger partial charge < -0.3 is 0 Å². The number of thiophene rings is 1. The first-order chi connectivity index (χ1) is 20.7. The zero-order chi connectivity index (χ0) is 28.0. The largest absolute Gasteiger partial charge is 0.226 e. The first-order valence-electron chi connectivity index (χ1n) is 13.7. The molecule has 0 aliphatic rings. The monoisotopic (exact) mass is 575 g/mol. The van der Waals surface area contributed by atoms with Gasteiger partial charge in [0.25, 0.3) is 0 Å². The van der Waals surface area contributed by atoms with Gasteiger partial charge in [-0.15, -0.1) is 11.3 Å². The van der Waals surface area contributed by atoms with Crippen LogP contribution in [0.3, 0.4) is 0 Å². The summed E-state index contributed by atoms with van der Waals surface area (Å²) in [4.78, 5) is 14.1. The quantitative estimate of drug-likeness (QED) is 0.209. The molecule has 0 unspecified atom stereocenters. The van der Waals surface area contributed by atoms with Crippen molar-refractivity contribution in [3.63, 3.8) is 0 Å². The van der Waals surface area contributed by atoms with Crippen LogP contribution in [0.15, 0.2) is 133 Å². The van der Waals surface area contributed by atoms with Gasteiger partial charge in [0.15, 0.2) is 11.6 Å². The van der Waals surface area contributed by atoms with Crippen molar-refractivity contribution >= 4 is 53.9 Å². The second kappa shape index (κ2) is 10.2. The lowest BCUT2D eigenvalue weighted by Crippen LogP contribution is -1.98. The highest BCUT2D eigenvalue weighted by molar-refractivity contribution is 7.26. The van der Waals surface area contributed by atoms with Crippen molar-refractivity contribution in [2.24, 2.45) is 0 Å². The predicted octanol–water partition coefficient (Wildman–Crippen LogP) is 10.7. The Hall–Kier alpha value is -4.90. The van der Waals surface area contributed by atoms with E-state index in [0.29, 0.717) is 11.6 Å². The van der Waals surface area contributed by atoms with Crippen LogP contribution in [0.25, 0.3) is 76.0 Å². The summed E-state index contributed by atoms with van der Waals surface area (Å²) in [6.07, 6.45) is 0. The van der Waals surface area contributed by atoms with Gasteiger partial charge in [-0.1, -0.05) is 121 Å². The fraction of sp³-hybridized carbons (Fsp3) is 0. The maximum Gasteiger partial charge on any atom is 0.226 e. The number of aromatic nitrogens is 3. The van der Waals surface area contributed by atoms with Gasteiger partial charge in [0, 0.05) is 31.3 Å². The summed E-state index contributed by atoms with van der Waals surface area (Å²) in [5.41, 5.74) is 6.71. The Morgan fingerprint density at radius 3 is 1.90 bits per heavy atom. The van der Waals surface area contributed by atoms with E-state index in [1.165, 1.54) is 37.7 Å². The lowest BCUT2D eigenvalue weighted by atomic mass is 9.94. The number of hydrogen-bond donors (Lipinski definition) is 0. The average molecular weight is 576 g/mol. The zero-order valence-electron chi connectivity index (χ0n) is 22.3. The highest BCUT2D eigenvalue weighted by Crippen LogP contribution is 2.45. The molecule has 6 aromatic carbocycles. The summed E-state index contributed by atoms with van der Waals surface area (Å²) in [6.45, 7) is 0. The first-order valence-corrected chi connectivity index (χ1v) is 14.9. The second-order valence-corrected chi connectivity index (χ2v) is 11.6. The van der Waals surface area contributed by atoms with Crippen LogP contribution in [0.5, 0.6) is 0 Å². The fourth-order valence-corrected chi connectivity index (χ4v) is 7.18. The normalized spacial score (nSPS) is 11.5. The minimum atomic E-state index is 0.181. The molecule has 198 valence electrons. The van der Waals surface area contributed by atoms with E-state index < -0.39 is 0 Å². The Kier molecular flexibility index (Phi) is 6.03. The molecule has 0 bridgehead atoms. The minimum Gasteiger partial charge on any atom is -0.208 e. The Labute approximate surface area is 251 Å². The van der Waals surface area contributed by atoms with Crippen molar-refractivity contribution in [1.82, 2.24) is 15.0 Å². The van der Waals surface area contributed by atoms with Crippen molar-refractivity contribution < 1.29 is 0 Å². The summed E-state index contributed by atoms with van der Waals surface area (Å²) in [7, 11) is 0. The van der Waals surface area contributed by atoms with E-state index in [9.17, 15) is 0 Å². The maximum atomic E-state index is 6.53. The van der Waals surface area contributed by atoms with Crippen LogP contribution in [0.1, 0.15) is 0 Å². The first kappa shape index (κ1) is 24.9. The summed E-state index contributed by atoms with van der Waals surface area (Å²) < 4.78 is 2.35. The highest BCUT2D eigenvalue weighted by Gasteiger charge is 2.19. The van der Waals surface area contributed by atoms with Crippen LogP contribution >= 0.6 is 22.9 Å². The molecule has 3 nitrogen and oxygen atoms in total. The molecule has 0 radical (unpaired) electrons. The van der Waals surface area contributed by atoms with Gasteiger partial charge in [-0.3, -0.25) is 0 Å². The molecule has 0 amide bonds. The lowest BCUT2D eigenvalue weighted by Gasteiger charge is -2.10. The molecule has 0 atom stereocenters. The molecular formula is C37H22ClN3S. The molecule has 0 saturated carbocycles. The molecule has 0 aliphatic carbocycles. The van der Waals surface area contributed by atoms with Crippen molar-refractivity contribution in [2.45, 2.75) is 0 Å². The standard InChI is InChI=1S/C37H22ClN3S/c38-37-40-35(24-13-5-2-6-14-24)39-36(41-37)33-29-18-8-7-15-25(29)21-31-30-20-19-26(22-32(30)42-34(31)33)28-17-10-9-16-27(28)23-11-3-1-4-12-23/h1-22H. The Morgan fingerprint density at radius 1 is 0.476 bits per heavy atom. The van der Waals surface area contributed by atoms with Crippen LogP contribution in [0.2, 0.25) is 5.28 Å². The Bertz CT molecular complexity index is 2260. The van der Waals surface area contributed by atoms with E-state index in [2.05, 4.69) is 113 Å². The molecule has 8 rings (SSSR count). The molecule has 5 heteroatoms. The fourth-order valence-electron chi connectivity index (χ4n) is 5.75. The van der Waals surface area contributed by atoms with E-state index in [1.54, 1.807) is 11.3 Å². The van der Waals surface area contributed by atoms with Gasteiger partial charge >= 0.3 is 0 Å². The van der Waals surface area contributed by atoms with Crippen molar-refractivity contribution in [1.29, 1.82) is 0 Å². The number of hydrogen-bond acceptors (Lipinski definition) is 4. The number of nitrogens with zero attached hydrogens (tertiary/aromatic N) is 3. The topological polar surface area (TPSA) is 38.7 Å². The molecule has 0 N–H and O–H groups in total. The SMILES string of the molecule is Clc1nc(-c2ccccc2)nc(-c2c3ccccc3cc3c2sc2cc(-c4ccccc4-c4ccccc4)ccc23)n1. The van der Waals surface area contributed by atoms with Crippen LogP contribution in [0, 0.1) is 0 Å². The Balaban J connectivity index is 1.37. The van der Waals surface area contributed by atoms with E-state index in [0.717, 1.165) is 26.6 Å². The molecule has 0 saturated heterocycles. The molecule has 0 fully saturated rings. The third kappa shape index (κ3) is 4.24. The lowest BCUT2D eigenvalue weighted by molar-refractivity contribution is 1.07. The number of benzene rings is 6. The van der Waals surface area contributed by atoms with Crippen LogP contribution in [-0.2, 0) is 0 Å². The average Bonchev–Trinajstić information content (AvgIpc) is 3.41. The van der Waals surface area contributed by atoms with Gasteiger partial charge in [0.2, 0.25) is 5.28 Å². The summed E-state index contributed by atoms with van der Waals surface area (Å²) in [5.74, 6) is 1.14. The minimum absolute atomic E-state index is 0.181. The molecule has 2 heterocycles. The van der Waals surface area contributed by atoms with E-state index >= 15 is 0 Å². The van der Waals surface area contributed by atoms with Gasteiger partial charge in [0.05, 0.1) is 0 Å². The second-order valence-electron chi connectivity index (χ2n) is 10.2. The molecule has 0 aliphatic heterocycles. The Morgan fingerprint density at radius 2 is 1.12 bits per heavy atom. The van der Waals surface area contributed by atoms with Gasteiger partial charge in [0.1, 0.15) is 0 Å². The molecule has 2 aromatic heterocycles. The van der Waals surface area contributed by atoms with Gasteiger partial charge in [-0.2, -0.15) is 9.97 Å². The number of fused-ring (bicyclic) bond motifs is 4. The van der Waals surface area contributed by atoms with Crippen LogP contribution in [-0.4, -0.2) is 15.0 Å². The van der Waals surface area contributed by atoms with Gasteiger partial charge in [-0.05, 0) is 56.8 Å². The van der Waals surface area contributed by atoms with Crippen LogP contribution < -0.4 is 0 Å². The maximum absolute atomic E-state index is 6.53. The summed E-state index contributed by atoms with van der Waals surface area (Å²) in [5, 5.41) is 4.81. The van der Waals surface area contributed by atoms with Crippen molar-refractivity contribution in [3.05, 3.63) is 139 Å². The third-order valence-corrected chi connectivity index (χ3v) is 9.03. The van der Waals surface area contributed by atoms with Gasteiger partial charge in [-0.25, -0.2) is 4.98 Å². The smallest absolute Gasteiger partial charge is 0.208 e. The third-order valence-electron chi connectivity index (χ3n) is 7.67. The zero-order valence-corrected chi connectivity index (χ0v) is 23.9. The van der Waals surface area contributed by atoms with Crippen molar-refractivity contribution in [2.75, 3.05) is 0 Å². The summed E-state index contributed by atoms with van der Waals surface area (Å²) in [6, 6.07) is 46.6. The molecule has 8 aromatic rings.